The largest absolute Gasteiger partial charge is 0.481 e. The van der Waals surface area contributed by atoms with Crippen molar-refractivity contribution in [1.82, 2.24) is 9.03 Å². The molecule has 2 N–H and O–H groups in total. The molecule has 98 valence electrons. The van der Waals surface area contributed by atoms with Crippen LogP contribution < -0.4 is 4.72 Å². The van der Waals surface area contributed by atoms with E-state index in [1.165, 1.54) is 0 Å². The van der Waals surface area contributed by atoms with Crippen LogP contribution in [0.3, 0.4) is 0 Å². The third-order valence-corrected chi connectivity index (χ3v) is 4.17. The van der Waals surface area contributed by atoms with Gasteiger partial charge in [-0.2, -0.15) is 17.4 Å². The fourth-order valence-electron chi connectivity index (χ4n) is 1.62. The van der Waals surface area contributed by atoms with Gasteiger partial charge in [0.2, 0.25) is 0 Å². The summed E-state index contributed by atoms with van der Waals surface area (Å²) < 4.78 is 27.0. The first-order valence-electron chi connectivity index (χ1n) is 5.14. The van der Waals surface area contributed by atoms with Gasteiger partial charge in [0.25, 0.3) is 10.2 Å². The SMILES string of the molecule is C=C(Cl)CNS(=O)(=O)N1CCCC(C(=O)O)C1. The molecule has 1 saturated heterocycles. The molecule has 0 aliphatic carbocycles. The molecular weight excluding hydrogens is 268 g/mol. The minimum absolute atomic E-state index is 0.000567. The highest BCUT2D eigenvalue weighted by Gasteiger charge is 2.31. The zero-order valence-corrected chi connectivity index (χ0v) is 10.8. The Kier molecular flexibility index (Phi) is 4.93. The number of aliphatic carboxylic acids is 1. The molecule has 0 saturated carbocycles. The van der Waals surface area contributed by atoms with Gasteiger partial charge in [0.1, 0.15) is 0 Å². The van der Waals surface area contributed by atoms with Crippen molar-refractivity contribution in [1.29, 1.82) is 0 Å². The van der Waals surface area contributed by atoms with Gasteiger partial charge in [0.15, 0.2) is 0 Å². The first-order chi connectivity index (χ1) is 7.83. The number of carboxylic acids is 1. The maximum absolute atomic E-state index is 11.8. The highest BCUT2D eigenvalue weighted by Crippen LogP contribution is 2.18. The number of hydrogen-bond donors (Lipinski definition) is 2. The Hall–Kier alpha value is -0.630. The van der Waals surface area contributed by atoms with Gasteiger partial charge < -0.3 is 5.11 Å². The molecule has 1 fully saturated rings. The quantitative estimate of drug-likeness (QED) is 0.763. The van der Waals surface area contributed by atoms with E-state index in [4.69, 9.17) is 16.7 Å². The Morgan fingerprint density at radius 1 is 1.59 bits per heavy atom. The van der Waals surface area contributed by atoms with Crippen molar-refractivity contribution < 1.29 is 18.3 Å². The van der Waals surface area contributed by atoms with Crippen LogP contribution in [0.25, 0.3) is 0 Å². The van der Waals surface area contributed by atoms with E-state index in [0.29, 0.717) is 19.4 Å². The monoisotopic (exact) mass is 282 g/mol. The molecule has 17 heavy (non-hydrogen) atoms. The number of halogens is 1. The maximum Gasteiger partial charge on any atom is 0.307 e. The molecule has 0 amide bonds. The second-order valence-electron chi connectivity index (χ2n) is 3.88. The van der Waals surface area contributed by atoms with Crippen molar-refractivity contribution in [3.63, 3.8) is 0 Å². The van der Waals surface area contributed by atoms with E-state index >= 15 is 0 Å². The fourth-order valence-corrected chi connectivity index (χ4v) is 3.05. The molecule has 0 spiro atoms. The zero-order chi connectivity index (χ0) is 13.1. The number of hydrogen-bond acceptors (Lipinski definition) is 3. The molecule has 0 aromatic carbocycles. The van der Waals surface area contributed by atoms with E-state index < -0.39 is 22.1 Å². The summed E-state index contributed by atoms with van der Waals surface area (Å²) in [5.41, 5.74) is 0. The lowest BCUT2D eigenvalue weighted by Gasteiger charge is -2.29. The number of carbonyl (C=O) groups is 1. The molecule has 1 unspecified atom stereocenters. The van der Waals surface area contributed by atoms with Crippen LogP contribution in [0, 0.1) is 5.92 Å². The first-order valence-corrected chi connectivity index (χ1v) is 6.95. The van der Waals surface area contributed by atoms with Crippen LogP contribution in [-0.2, 0) is 15.0 Å². The normalized spacial score (nSPS) is 22.3. The summed E-state index contributed by atoms with van der Waals surface area (Å²) in [6.07, 6.45) is 1.04. The average molecular weight is 283 g/mol. The molecule has 1 rings (SSSR count). The van der Waals surface area contributed by atoms with E-state index in [0.717, 1.165) is 4.31 Å². The van der Waals surface area contributed by atoms with Crippen LogP contribution in [-0.4, -0.2) is 43.4 Å². The Morgan fingerprint density at radius 2 is 2.24 bits per heavy atom. The zero-order valence-electron chi connectivity index (χ0n) is 9.23. The minimum atomic E-state index is -3.67. The number of nitrogens with one attached hydrogen (secondary N) is 1. The lowest BCUT2D eigenvalue weighted by molar-refractivity contribution is -0.142. The van der Waals surface area contributed by atoms with Crippen molar-refractivity contribution in [2.75, 3.05) is 19.6 Å². The number of nitrogens with zero attached hydrogens (tertiary/aromatic N) is 1. The lowest BCUT2D eigenvalue weighted by atomic mass is 10.0. The van der Waals surface area contributed by atoms with Crippen LogP contribution in [0.2, 0.25) is 0 Å². The van der Waals surface area contributed by atoms with E-state index in [1.807, 2.05) is 0 Å². The molecule has 8 heteroatoms. The average Bonchev–Trinajstić information content (AvgIpc) is 2.27. The van der Waals surface area contributed by atoms with Crippen molar-refractivity contribution >= 4 is 27.8 Å². The molecule has 0 radical (unpaired) electrons. The Bertz CT molecular complexity index is 409. The van der Waals surface area contributed by atoms with Gasteiger partial charge in [-0.25, -0.2) is 0 Å². The standard InChI is InChI=1S/C9H15ClN2O4S/c1-7(10)5-11-17(15,16)12-4-2-3-8(6-12)9(13)14/h8,11H,1-6H2,(H,13,14). The Labute approximate surface area is 105 Å². The summed E-state index contributed by atoms with van der Waals surface area (Å²) in [6.45, 7) is 3.64. The lowest BCUT2D eigenvalue weighted by Crippen LogP contribution is -2.47. The highest BCUT2D eigenvalue weighted by atomic mass is 35.5. The number of carboxylic acid groups (broad SMARTS) is 1. The molecule has 1 aliphatic heterocycles. The predicted octanol–water partition coefficient (Wildman–Crippen LogP) is 0.370. The summed E-state index contributed by atoms with van der Waals surface area (Å²) in [5.74, 6) is -1.61. The molecular formula is C9H15ClN2O4S. The molecule has 6 nitrogen and oxygen atoms in total. The summed E-state index contributed by atoms with van der Waals surface area (Å²) in [4.78, 5) is 10.8. The fraction of sp³-hybridized carbons (Fsp3) is 0.667. The predicted molar refractivity (Wildman–Crippen MR) is 63.8 cm³/mol. The third kappa shape index (κ3) is 4.27. The van der Waals surface area contributed by atoms with Crippen molar-refractivity contribution in [2.24, 2.45) is 5.92 Å². The van der Waals surface area contributed by atoms with E-state index in [9.17, 15) is 13.2 Å². The highest BCUT2D eigenvalue weighted by molar-refractivity contribution is 7.87. The van der Waals surface area contributed by atoms with Gasteiger partial charge in [-0.05, 0) is 12.8 Å². The maximum atomic E-state index is 11.8. The second kappa shape index (κ2) is 5.81. The van der Waals surface area contributed by atoms with Crippen molar-refractivity contribution in [3.8, 4) is 0 Å². The topological polar surface area (TPSA) is 86.7 Å². The second-order valence-corrected chi connectivity index (χ2v) is 6.17. The summed E-state index contributed by atoms with van der Waals surface area (Å²) in [7, 11) is -3.67. The summed E-state index contributed by atoms with van der Waals surface area (Å²) >= 11 is 5.47. The van der Waals surface area contributed by atoms with Gasteiger partial charge in [-0.3, -0.25) is 4.79 Å². The van der Waals surface area contributed by atoms with Crippen molar-refractivity contribution in [2.45, 2.75) is 12.8 Å². The van der Waals surface area contributed by atoms with Gasteiger partial charge >= 0.3 is 5.97 Å². The molecule has 1 atom stereocenters. The number of rotatable bonds is 5. The van der Waals surface area contributed by atoms with Crippen LogP contribution in [0.4, 0.5) is 0 Å². The van der Waals surface area contributed by atoms with Crippen LogP contribution in [0.15, 0.2) is 11.6 Å². The van der Waals surface area contributed by atoms with Crippen LogP contribution in [0.5, 0.6) is 0 Å². The number of piperidine rings is 1. The smallest absolute Gasteiger partial charge is 0.307 e. The molecule has 0 bridgehead atoms. The third-order valence-electron chi connectivity index (χ3n) is 2.52. The minimum Gasteiger partial charge on any atom is -0.481 e. The van der Waals surface area contributed by atoms with Gasteiger partial charge in [-0.1, -0.05) is 18.2 Å². The van der Waals surface area contributed by atoms with Gasteiger partial charge in [-0.15, -0.1) is 0 Å². The molecule has 0 aromatic heterocycles. The van der Waals surface area contributed by atoms with Gasteiger partial charge in [0.05, 0.1) is 5.92 Å². The molecule has 0 aromatic rings. The summed E-state index contributed by atoms with van der Waals surface area (Å²) in [6, 6.07) is 0. The molecule has 1 aliphatic rings. The van der Waals surface area contributed by atoms with Crippen LogP contribution in [0.1, 0.15) is 12.8 Å². The molecule has 1 heterocycles. The Morgan fingerprint density at radius 3 is 2.76 bits per heavy atom. The van der Waals surface area contributed by atoms with E-state index in [-0.39, 0.29) is 18.1 Å². The van der Waals surface area contributed by atoms with E-state index in [1.54, 1.807) is 0 Å². The first kappa shape index (κ1) is 14.4. The Balaban J connectivity index is 2.65. The van der Waals surface area contributed by atoms with Crippen LogP contribution >= 0.6 is 11.6 Å². The van der Waals surface area contributed by atoms with E-state index in [2.05, 4.69) is 11.3 Å². The van der Waals surface area contributed by atoms with Gasteiger partial charge in [0, 0.05) is 24.7 Å². The summed E-state index contributed by atoms with van der Waals surface area (Å²) in [5, 5.41) is 9.04. The van der Waals surface area contributed by atoms with Crippen molar-refractivity contribution in [3.05, 3.63) is 11.6 Å².